The molecule has 0 aliphatic carbocycles. The summed E-state index contributed by atoms with van der Waals surface area (Å²) in [6, 6.07) is 6.70. The Hall–Kier alpha value is -1.92. The molecule has 6 heteroatoms. The Kier molecular flexibility index (Phi) is 5.71. The van der Waals surface area contributed by atoms with Gasteiger partial charge in [-0.15, -0.1) is 11.3 Å². The van der Waals surface area contributed by atoms with Crippen LogP contribution in [-0.4, -0.2) is 28.6 Å². The molecule has 112 valence electrons. The molecule has 0 spiro atoms. The number of ether oxygens (including phenoxy) is 1. The van der Waals surface area contributed by atoms with Gasteiger partial charge in [-0.3, -0.25) is 4.79 Å². The van der Waals surface area contributed by atoms with E-state index in [1.54, 1.807) is 29.8 Å². The molecular formula is C15H18N2O3S. The first-order valence-electron chi connectivity index (χ1n) is 6.74. The van der Waals surface area contributed by atoms with Crippen molar-refractivity contribution in [2.24, 2.45) is 0 Å². The zero-order chi connectivity index (χ0) is 15.1. The maximum Gasteiger partial charge on any atom is 0.251 e. The SMILES string of the molecule is CCC(CO)NC(=O)c1ccc(OCc2cscn2)cc1. The fourth-order valence-corrected chi connectivity index (χ4v) is 2.26. The fraction of sp³-hybridized carbons (Fsp3) is 0.333. The number of aliphatic hydroxyl groups is 1. The molecule has 1 aromatic carbocycles. The molecule has 21 heavy (non-hydrogen) atoms. The number of nitrogens with zero attached hydrogens (tertiary/aromatic N) is 1. The third-order valence-electron chi connectivity index (χ3n) is 3.04. The van der Waals surface area contributed by atoms with Gasteiger partial charge in [0.2, 0.25) is 0 Å². The number of aliphatic hydroxyl groups excluding tert-OH is 1. The third-order valence-corrected chi connectivity index (χ3v) is 3.67. The standard InChI is InChI=1S/C15H18N2O3S/c1-2-12(7-18)17-15(19)11-3-5-14(6-4-11)20-8-13-9-21-10-16-13/h3-6,9-10,12,18H,2,7-8H2,1H3,(H,17,19). The Morgan fingerprint density at radius 3 is 2.76 bits per heavy atom. The van der Waals surface area contributed by atoms with E-state index in [-0.39, 0.29) is 18.6 Å². The van der Waals surface area contributed by atoms with Crippen LogP contribution in [-0.2, 0) is 6.61 Å². The van der Waals surface area contributed by atoms with E-state index in [1.807, 2.05) is 12.3 Å². The zero-order valence-corrected chi connectivity index (χ0v) is 12.6. The van der Waals surface area contributed by atoms with Gasteiger partial charge in [0, 0.05) is 10.9 Å². The van der Waals surface area contributed by atoms with Gasteiger partial charge < -0.3 is 15.2 Å². The molecule has 2 rings (SSSR count). The minimum atomic E-state index is -0.210. The maximum absolute atomic E-state index is 12.0. The third kappa shape index (κ3) is 4.54. The number of rotatable bonds is 7. The lowest BCUT2D eigenvalue weighted by Crippen LogP contribution is -2.36. The average Bonchev–Trinajstić information content (AvgIpc) is 3.04. The summed E-state index contributed by atoms with van der Waals surface area (Å²) in [4.78, 5) is 16.1. The van der Waals surface area contributed by atoms with Crippen molar-refractivity contribution in [3.63, 3.8) is 0 Å². The molecule has 1 atom stereocenters. The predicted molar refractivity (Wildman–Crippen MR) is 81.5 cm³/mol. The van der Waals surface area contributed by atoms with Crippen LogP contribution in [0.1, 0.15) is 29.4 Å². The van der Waals surface area contributed by atoms with Crippen molar-refractivity contribution in [3.8, 4) is 5.75 Å². The number of nitrogens with one attached hydrogen (secondary N) is 1. The smallest absolute Gasteiger partial charge is 0.251 e. The van der Waals surface area contributed by atoms with E-state index in [0.717, 1.165) is 5.69 Å². The molecule has 0 radical (unpaired) electrons. The van der Waals surface area contributed by atoms with E-state index in [1.165, 1.54) is 11.3 Å². The molecule has 0 aliphatic heterocycles. The summed E-state index contributed by atoms with van der Waals surface area (Å²) >= 11 is 1.53. The average molecular weight is 306 g/mol. The van der Waals surface area contributed by atoms with Crippen molar-refractivity contribution >= 4 is 17.2 Å². The monoisotopic (exact) mass is 306 g/mol. The predicted octanol–water partition coefficient (Wildman–Crippen LogP) is 2.22. The lowest BCUT2D eigenvalue weighted by atomic mass is 10.1. The van der Waals surface area contributed by atoms with Crippen LogP contribution in [0.5, 0.6) is 5.75 Å². The Morgan fingerprint density at radius 2 is 2.19 bits per heavy atom. The quantitative estimate of drug-likeness (QED) is 0.823. The van der Waals surface area contributed by atoms with Crippen molar-refractivity contribution in [3.05, 3.63) is 46.4 Å². The first kappa shape index (κ1) is 15.5. The highest BCUT2D eigenvalue weighted by Crippen LogP contribution is 2.14. The highest BCUT2D eigenvalue weighted by molar-refractivity contribution is 7.07. The molecule has 5 nitrogen and oxygen atoms in total. The molecule has 0 saturated heterocycles. The fourth-order valence-electron chi connectivity index (χ4n) is 1.71. The van der Waals surface area contributed by atoms with E-state index in [0.29, 0.717) is 24.3 Å². The maximum atomic E-state index is 12.0. The molecule has 1 unspecified atom stereocenters. The Labute approximate surface area is 127 Å². The second-order valence-corrected chi connectivity index (χ2v) is 5.27. The first-order valence-corrected chi connectivity index (χ1v) is 7.69. The lowest BCUT2D eigenvalue weighted by molar-refractivity contribution is 0.0915. The van der Waals surface area contributed by atoms with Crippen molar-refractivity contribution in [2.45, 2.75) is 26.0 Å². The number of thiazole rings is 1. The van der Waals surface area contributed by atoms with Crippen LogP contribution in [0.3, 0.4) is 0 Å². The molecule has 0 fully saturated rings. The zero-order valence-electron chi connectivity index (χ0n) is 11.8. The number of hydrogen-bond acceptors (Lipinski definition) is 5. The van der Waals surface area contributed by atoms with Crippen LogP contribution < -0.4 is 10.1 Å². The highest BCUT2D eigenvalue weighted by Gasteiger charge is 2.11. The molecule has 2 N–H and O–H groups in total. The highest BCUT2D eigenvalue weighted by atomic mass is 32.1. The normalized spacial score (nSPS) is 11.9. The van der Waals surface area contributed by atoms with Crippen LogP contribution in [0.2, 0.25) is 0 Å². The summed E-state index contributed by atoms with van der Waals surface area (Å²) in [5.74, 6) is 0.496. The molecule has 1 heterocycles. The second kappa shape index (κ2) is 7.75. The van der Waals surface area contributed by atoms with Gasteiger partial charge >= 0.3 is 0 Å². The number of carbonyl (C=O) groups excluding carboxylic acids is 1. The van der Waals surface area contributed by atoms with Gasteiger partial charge in [-0.05, 0) is 30.7 Å². The molecule has 0 bridgehead atoms. The Bertz CT molecular complexity index is 551. The van der Waals surface area contributed by atoms with Crippen molar-refractivity contribution in [1.29, 1.82) is 0 Å². The van der Waals surface area contributed by atoms with Crippen LogP contribution >= 0.6 is 11.3 Å². The minimum Gasteiger partial charge on any atom is -0.487 e. The van der Waals surface area contributed by atoms with Gasteiger partial charge in [-0.1, -0.05) is 6.92 Å². The summed E-state index contributed by atoms with van der Waals surface area (Å²) in [6.07, 6.45) is 0.692. The largest absolute Gasteiger partial charge is 0.487 e. The summed E-state index contributed by atoms with van der Waals surface area (Å²) in [5, 5.41) is 13.8. The van der Waals surface area contributed by atoms with Gasteiger partial charge in [0.05, 0.1) is 23.9 Å². The van der Waals surface area contributed by atoms with E-state index in [4.69, 9.17) is 9.84 Å². The van der Waals surface area contributed by atoms with Crippen LogP contribution in [0.25, 0.3) is 0 Å². The summed E-state index contributed by atoms with van der Waals surface area (Å²) < 4.78 is 5.58. The number of amides is 1. The lowest BCUT2D eigenvalue weighted by Gasteiger charge is -2.14. The van der Waals surface area contributed by atoms with Crippen molar-refractivity contribution in [2.75, 3.05) is 6.61 Å². The van der Waals surface area contributed by atoms with E-state index in [2.05, 4.69) is 10.3 Å². The summed E-state index contributed by atoms with van der Waals surface area (Å²) in [7, 11) is 0. The van der Waals surface area contributed by atoms with Gasteiger partial charge in [0.1, 0.15) is 12.4 Å². The molecule has 1 aromatic heterocycles. The Morgan fingerprint density at radius 1 is 1.43 bits per heavy atom. The van der Waals surface area contributed by atoms with Crippen molar-refractivity contribution < 1.29 is 14.6 Å². The topological polar surface area (TPSA) is 71.5 Å². The first-order chi connectivity index (χ1) is 10.2. The number of aromatic nitrogens is 1. The number of benzene rings is 1. The molecule has 0 aliphatic rings. The van der Waals surface area contributed by atoms with Gasteiger partial charge in [-0.2, -0.15) is 0 Å². The van der Waals surface area contributed by atoms with Crippen LogP contribution in [0, 0.1) is 0 Å². The van der Waals surface area contributed by atoms with Gasteiger partial charge in [0.15, 0.2) is 0 Å². The van der Waals surface area contributed by atoms with Crippen LogP contribution in [0.4, 0.5) is 0 Å². The number of carbonyl (C=O) groups is 1. The van der Waals surface area contributed by atoms with Crippen molar-refractivity contribution in [1.82, 2.24) is 10.3 Å². The second-order valence-electron chi connectivity index (χ2n) is 4.55. The van der Waals surface area contributed by atoms with E-state index in [9.17, 15) is 4.79 Å². The molecule has 0 saturated carbocycles. The van der Waals surface area contributed by atoms with Gasteiger partial charge in [-0.25, -0.2) is 4.98 Å². The minimum absolute atomic E-state index is 0.0585. The summed E-state index contributed by atoms with van der Waals surface area (Å²) in [6.45, 7) is 2.27. The molecule has 1 amide bonds. The van der Waals surface area contributed by atoms with E-state index < -0.39 is 0 Å². The molecular weight excluding hydrogens is 288 g/mol. The number of hydrogen-bond donors (Lipinski definition) is 2. The molecule has 2 aromatic rings. The van der Waals surface area contributed by atoms with Gasteiger partial charge in [0.25, 0.3) is 5.91 Å². The van der Waals surface area contributed by atoms with E-state index >= 15 is 0 Å². The Balaban J connectivity index is 1.90. The summed E-state index contributed by atoms with van der Waals surface area (Å²) in [5.41, 5.74) is 3.19. The van der Waals surface area contributed by atoms with Crippen LogP contribution in [0.15, 0.2) is 35.2 Å².